The van der Waals surface area contributed by atoms with Crippen molar-refractivity contribution in [2.24, 2.45) is 0 Å². The maximum atomic E-state index is 11.6. The van der Waals surface area contributed by atoms with Gasteiger partial charge in [-0.15, -0.1) is 0 Å². The lowest BCUT2D eigenvalue weighted by atomic mass is 10.2. The quantitative estimate of drug-likeness (QED) is 0.891. The summed E-state index contributed by atoms with van der Waals surface area (Å²) < 4.78 is 10.7. The van der Waals surface area contributed by atoms with E-state index in [1.165, 1.54) is 0 Å². The van der Waals surface area contributed by atoms with E-state index in [2.05, 4.69) is 5.32 Å². The smallest absolute Gasteiger partial charge is 0.412 e. The average Bonchev–Trinajstić information content (AvgIpc) is 2.18. The van der Waals surface area contributed by atoms with Crippen LogP contribution in [0.2, 0.25) is 5.02 Å². The molecule has 106 valence electrons. The number of carbonyl (C=O) groups is 1. The van der Waals surface area contributed by atoms with Gasteiger partial charge in [-0.2, -0.15) is 0 Å². The Labute approximate surface area is 119 Å². The van der Waals surface area contributed by atoms with E-state index in [9.17, 15) is 4.79 Å². The predicted octanol–water partition coefficient (Wildman–Crippen LogP) is 4.47. The molecule has 0 atom stereocenters. The van der Waals surface area contributed by atoms with Gasteiger partial charge in [0.05, 0.1) is 11.1 Å². The standard InChI is InChI=1S/C14H20ClNO3/c1-9(2)18-12-7-6-10(8-11(12)15)16-13(17)19-14(3,4)5/h6-9H,1-5H3,(H,16,17). The third-order valence-electron chi connectivity index (χ3n) is 1.94. The SMILES string of the molecule is CC(C)Oc1ccc(NC(=O)OC(C)(C)C)cc1Cl. The highest BCUT2D eigenvalue weighted by Gasteiger charge is 2.16. The third kappa shape index (κ3) is 5.83. The normalized spacial score (nSPS) is 11.3. The van der Waals surface area contributed by atoms with Crippen molar-refractivity contribution in [1.82, 2.24) is 0 Å². The molecule has 19 heavy (non-hydrogen) atoms. The van der Waals surface area contributed by atoms with Crippen LogP contribution in [0.15, 0.2) is 18.2 Å². The molecule has 1 N–H and O–H groups in total. The summed E-state index contributed by atoms with van der Waals surface area (Å²) in [5.74, 6) is 0.589. The van der Waals surface area contributed by atoms with Gasteiger partial charge in [-0.3, -0.25) is 5.32 Å². The molecular weight excluding hydrogens is 266 g/mol. The van der Waals surface area contributed by atoms with Crippen LogP contribution in [0, 0.1) is 0 Å². The Morgan fingerprint density at radius 1 is 1.32 bits per heavy atom. The average molecular weight is 286 g/mol. The van der Waals surface area contributed by atoms with Crippen LogP contribution in [0.1, 0.15) is 34.6 Å². The van der Waals surface area contributed by atoms with Crippen LogP contribution in [0.4, 0.5) is 10.5 Å². The van der Waals surface area contributed by atoms with Gasteiger partial charge in [-0.05, 0) is 52.8 Å². The second kappa shape index (κ2) is 6.15. The maximum Gasteiger partial charge on any atom is 0.412 e. The van der Waals surface area contributed by atoms with E-state index in [1.54, 1.807) is 39.0 Å². The molecule has 4 nitrogen and oxygen atoms in total. The lowest BCUT2D eigenvalue weighted by Gasteiger charge is -2.20. The summed E-state index contributed by atoms with van der Waals surface area (Å²) in [4.78, 5) is 11.6. The van der Waals surface area contributed by atoms with Crippen LogP contribution in [-0.4, -0.2) is 17.8 Å². The maximum absolute atomic E-state index is 11.6. The van der Waals surface area contributed by atoms with Crippen LogP contribution >= 0.6 is 11.6 Å². The summed E-state index contributed by atoms with van der Waals surface area (Å²) in [7, 11) is 0. The molecule has 0 radical (unpaired) electrons. The molecule has 0 aromatic heterocycles. The first kappa shape index (κ1) is 15.6. The number of halogens is 1. The first-order chi connectivity index (χ1) is 8.67. The summed E-state index contributed by atoms with van der Waals surface area (Å²) in [6.07, 6.45) is -0.469. The fraction of sp³-hybridized carbons (Fsp3) is 0.500. The lowest BCUT2D eigenvalue weighted by molar-refractivity contribution is 0.0636. The molecule has 0 aliphatic heterocycles. The number of hydrogen-bond acceptors (Lipinski definition) is 3. The van der Waals surface area contributed by atoms with Gasteiger partial charge < -0.3 is 9.47 Å². The minimum Gasteiger partial charge on any atom is -0.489 e. The van der Waals surface area contributed by atoms with Gasteiger partial charge in [-0.25, -0.2) is 4.79 Å². The number of ether oxygens (including phenoxy) is 2. The van der Waals surface area contributed by atoms with E-state index in [0.29, 0.717) is 16.5 Å². The lowest BCUT2D eigenvalue weighted by Crippen LogP contribution is -2.27. The first-order valence-corrected chi connectivity index (χ1v) is 6.51. The largest absolute Gasteiger partial charge is 0.489 e. The van der Waals surface area contributed by atoms with Gasteiger partial charge in [0.15, 0.2) is 0 Å². The third-order valence-corrected chi connectivity index (χ3v) is 2.24. The van der Waals surface area contributed by atoms with Crippen molar-refractivity contribution in [3.8, 4) is 5.75 Å². The zero-order chi connectivity index (χ0) is 14.6. The van der Waals surface area contributed by atoms with Gasteiger partial charge in [0.2, 0.25) is 0 Å². The Balaban J connectivity index is 2.71. The highest BCUT2D eigenvalue weighted by Crippen LogP contribution is 2.28. The second-order valence-electron chi connectivity index (χ2n) is 5.44. The van der Waals surface area contributed by atoms with Crippen LogP contribution in [-0.2, 0) is 4.74 Å². The van der Waals surface area contributed by atoms with Gasteiger partial charge in [0.25, 0.3) is 0 Å². The highest BCUT2D eigenvalue weighted by atomic mass is 35.5. The number of rotatable bonds is 3. The molecule has 1 amide bonds. The van der Waals surface area contributed by atoms with Crippen LogP contribution in [0.5, 0.6) is 5.75 Å². The Hall–Kier alpha value is -1.42. The van der Waals surface area contributed by atoms with Gasteiger partial charge in [0.1, 0.15) is 11.4 Å². The minimum absolute atomic E-state index is 0.0437. The van der Waals surface area contributed by atoms with E-state index in [4.69, 9.17) is 21.1 Å². The summed E-state index contributed by atoms with van der Waals surface area (Å²) in [5, 5.41) is 3.07. The topological polar surface area (TPSA) is 47.6 Å². The molecule has 1 rings (SSSR count). The molecular formula is C14H20ClNO3. The number of carbonyl (C=O) groups excluding carboxylic acids is 1. The molecule has 0 spiro atoms. The molecule has 0 bridgehead atoms. The fourth-order valence-electron chi connectivity index (χ4n) is 1.35. The molecule has 5 heteroatoms. The number of anilines is 1. The van der Waals surface area contributed by atoms with E-state index in [1.807, 2.05) is 13.8 Å². The minimum atomic E-state index is -0.533. The van der Waals surface area contributed by atoms with Gasteiger partial charge >= 0.3 is 6.09 Å². The van der Waals surface area contributed by atoms with Gasteiger partial charge in [-0.1, -0.05) is 11.6 Å². The first-order valence-electron chi connectivity index (χ1n) is 6.13. The number of benzene rings is 1. The summed E-state index contributed by atoms with van der Waals surface area (Å²) in [6, 6.07) is 5.06. The molecule has 1 aromatic carbocycles. The Kier molecular flexibility index (Phi) is 5.06. The summed E-state index contributed by atoms with van der Waals surface area (Å²) >= 11 is 6.07. The molecule has 0 saturated carbocycles. The van der Waals surface area contributed by atoms with Gasteiger partial charge in [0, 0.05) is 5.69 Å². The summed E-state index contributed by atoms with van der Waals surface area (Å²) in [6.45, 7) is 9.25. The molecule has 0 saturated heterocycles. The zero-order valence-electron chi connectivity index (χ0n) is 11.9. The van der Waals surface area contributed by atoms with Crippen LogP contribution in [0.25, 0.3) is 0 Å². The Bertz CT molecular complexity index is 452. The Morgan fingerprint density at radius 3 is 2.42 bits per heavy atom. The highest BCUT2D eigenvalue weighted by molar-refractivity contribution is 6.32. The molecule has 0 unspecified atom stereocenters. The van der Waals surface area contributed by atoms with Crippen molar-refractivity contribution >= 4 is 23.4 Å². The van der Waals surface area contributed by atoms with Crippen molar-refractivity contribution < 1.29 is 14.3 Å². The van der Waals surface area contributed by atoms with Crippen LogP contribution < -0.4 is 10.1 Å². The van der Waals surface area contributed by atoms with E-state index >= 15 is 0 Å². The number of nitrogens with one attached hydrogen (secondary N) is 1. The van der Waals surface area contributed by atoms with E-state index in [-0.39, 0.29) is 6.10 Å². The van der Waals surface area contributed by atoms with E-state index in [0.717, 1.165) is 0 Å². The summed E-state index contributed by atoms with van der Waals surface area (Å²) in [5.41, 5.74) is 0.0320. The second-order valence-corrected chi connectivity index (χ2v) is 5.85. The molecule has 1 aromatic rings. The van der Waals surface area contributed by atoms with Crippen molar-refractivity contribution in [2.45, 2.75) is 46.3 Å². The van der Waals surface area contributed by atoms with Crippen molar-refractivity contribution in [3.63, 3.8) is 0 Å². The molecule has 0 aliphatic carbocycles. The van der Waals surface area contributed by atoms with Crippen molar-refractivity contribution in [1.29, 1.82) is 0 Å². The zero-order valence-corrected chi connectivity index (χ0v) is 12.7. The number of hydrogen-bond donors (Lipinski definition) is 1. The predicted molar refractivity (Wildman–Crippen MR) is 77.1 cm³/mol. The molecule has 0 aliphatic rings. The fourth-order valence-corrected chi connectivity index (χ4v) is 1.57. The number of amides is 1. The monoisotopic (exact) mass is 285 g/mol. The van der Waals surface area contributed by atoms with Crippen molar-refractivity contribution in [3.05, 3.63) is 23.2 Å². The van der Waals surface area contributed by atoms with Crippen LogP contribution in [0.3, 0.4) is 0 Å². The van der Waals surface area contributed by atoms with E-state index < -0.39 is 11.7 Å². The van der Waals surface area contributed by atoms with Crippen molar-refractivity contribution in [2.75, 3.05) is 5.32 Å². The molecule has 0 fully saturated rings. The molecule has 0 heterocycles. The Morgan fingerprint density at radius 2 is 1.95 bits per heavy atom.